The van der Waals surface area contributed by atoms with Crippen LogP contribution in [-0.2, 0) is 9.53 Å². The predicted molar refractivity (Wildman–Crippen MR) is 62.4 cm³/mol. The Morgan fingerprint density at radius 1 is 1.62 bits per heavy atom. The quantitative estimate of drug-likeness (QED) is 0.775. The Bertz CT molecular complexity index is 253. The van der Waals surface area contributed by atoms with E-state index in [-0.39, 0.29) is 11.5 Å². The molecule has 4 nitrogen and oxygen atoms in total. The van der Waals surface area contributed by atoms with E-state index >= 15 is 0 Å². The van der Waals surface area contributed by atoms with Gasteiger partial charge in [0.1, 0.15) is 6.04 Å². The fourth-order valence-corrected chi connectivity index (χ4v) is 2.55. The molecule has 0 bridgehead atoms. The minimum absolute atomic E-state index is 0.138. The van der Waals surface area contributed by atoms with Crippen LogP contribution in [0.5, 0.6) is 0 Å². The molecule has 1 N–H and O–H groups in total. The average molecular weight is 229 g/mol. The number of carboxylic acid groups (broad SMARTS) is 1. The summed E-state index contributed by atoms with van der Waals surface area (Å²) in [4.78, 5) is 13.2. The first-order valence-corrected chi connectivity index (χ1v) is 5.88. The molecular weight excluding hydrogens is 206 g/mol. The highest BCUT2D eigenvalue weighted by Crippen LogP contribution is 2.36. The van der Waals surface area contributed by atoms with Crippen molar-refractivity contribution in [3.63, 3.8) is 0 Å². The molecule has 0 spiro atoms. The molecule has 1 aliphatic rings. The third-order valence-corrected chi connectivity index (χ3v) is 3.65. The summed E-state index contributed by atoms with van der Waals surface area (Å²) in [5.41, 5.74) is 0.138. The van der Waals surface area contributed by atoms with Crippen molar-refractivity contribution in [3.05, 3.63) is 0 Å². The first kappa shape index (κ1) is 13.5. The number of carbonyl (C=O) groups is 1. The minimum Gasteiger partial charge on any atom is -0.480 e. The van der Waals surface area contributed by atoms with Gasteiger partial charge in [0.05, 0.1) is 6.61 Å². The molecule has 94 valence electrons. The first-order valence-electron chi connectivity index (χ1n) is 5.88. The topological polar surface area (TPSA) is 49.8 Å². The number of likely N-dealkylation sites (tertiary alicyclic amines) is 1. The van der Waals surface area contributed by atoms with E-state index in [1.165, 1.54) is 0 Å². The third kappa shape index (κ3) is 2.74. The summed E-state index contributed by atoms with van der Waals surface area (Å²) in [5.74, 6) is -0.290. The van der Waals surface area contributed by atoms with E-state index in [1.807, 2.05) is 6.92 Å². The maximum Gasteiger partial charge on any atom is 0.320 e. The zero-order valence-electron chi connectivity index (χ0n) is 10.7. The summed E-state index contributed by atoms with van der Waals surface area (Å²) in [7, 11) is 1.70. The van der Waals surface area contributed by atoms with E-state index in [0.717, 1.165) is 13.1 Å². The van der Waals surface area contributed by atoms with E-state index in [4.69, 9.17) is 9.84 Å². The van der Waals surface area contributed by atoms with E-state index in [0.29, 0.717) is 18.9 Å². The van der Waals surface area contributed by atoms with Crippen LogP contribution in [0.4, 0.5) is 0 Å². The Morgan fingerprint density at radius 2 is 2.25 bits per heavy atom. The summed E-state index contributed by atoms with van der Waals surface area (Å²) < 4.78 is 5.21. The van der Waals surface area contributed by atoms with Gasteiger partial charge in [0.2, 0.25) is 0 Å². The number of hydrogen-bond acceptors (Lipinski definition) is 3. The van der Waals surface area contributed by atoms with Gasteiger partial charge in [-0.2, -0.15) is 0 Å². The first-order chi connectivity index (χ1) is 7.42. The zero-order chi connectivity index (χ0) is 12.3. The van der Waals surface area contributed by atoms with Crippen LogP contribution in [0.15, 0.2) is 0 Å². The molecule has 1 saturated heterocycles. The highest BCUT2D eigenvalue weighted by Gasteiger charge is 2.42. The lowest BCUT2D eigenvalue weighted by molar-refractivity contribution is -0.143. The van der Waals surface area contributed by atoms with Gasteiger partial charge in [-0.1, -0.05) is 20.8 Å². The molecule has 0 aliphatic carbocycles. The monoisotopic (exact) mass is 229 g/mol. The molecule has 0 amide bonds. The largest absolute Gasteiger partial charge is 0.480 e. The molecule has 0 unspecified atom stereocenters. The number of carboxylic acids is 1. The maximum atomic E-state index is 11.1. The Hall–Kier alpha value is -0.610. The van der Waals surface area contributed by atoms with Crippen molar-refractivity contribution in [3.8, 4) is 0 Å². The molecule has 0 radical (unpaired) electrons. The molecule has 1 rings (SSSR count). The Morgan fingerprint density at radius 3 is 2.69 bits per heavy atom. The lowest BCUT2D eigenvalue weighted by Crippen LogP contribution is -2.40. The lowest BCUT2D eigenvalue weighted by atomic mass is 9.83. The SMILES string of the molecule is CC[C@@H](C(=O)O)N1C[C@H](COC)C(C)(C)C1. The molecule has 1 aliphatic heterocycles. The van der Waals surface area contributed by atoms with Crippen molar-refractivity contribution >= 4 is 5.97 Å². The van der Waals surface area contributed by atoms with Crippen LogP contribution in [0.3, 0.4) is 0 Å². The standard InChI is InChI=1S/C12H23NO3/c1-5-10(11(14)15)13-6-9(7-16-4)12(2,3)8-13/h9-10H,5-8H2,1-4H3,(H,14,15)/t9-,10+/m1/s1. The second kappa shape index (κ2) is 5.15. The van der Waals surface area contributed by atoms with E-state index in [9.17, 15) is 4.79 Å². The Labute approximate surface area is 97.6 Å². The van der Waals surface area contributed by atoms with Crippen molar-refractivity contribution < 1.29 is 14.6 Å². The van der Waals surface area contributed by atoms with Crippen LogP contribution in [0.1, 0.15) is 27.2 Å². The van der Waals surface area contributed by atoms with E-state index < -0.39 is 5.97 Å². The van der Waals surface area contributed by atoms with Crippen LogP contribution in [0, 0.1) is 11.3 Å². The number of nitrogens with zero attached hydrogens (tertiary/aromatic N) is 1. The van der Waals surface area contributed by atoms with Crippen molar-refractivity contribution in [1.29, 1.82) is 0 Å². The van der Waals surface area contributed by atoms with E-state index in [2.05, 4.69) is 18.7 Å². The van der Waals surface area contributed by atoms with Gasteiger partial charge in [-0.05, 0) is 11.8 Å². The molecule has 16 heavy (non-hydrogen) atoms. The molecular formula is C12H23NO3. The number of hydrogen-bond donors (Lipinski definition) is 1. The minimum atomic E-state index is -0.712. The van der Waals surface area contributed by atoms with Gasteiger partial charge < -0.3 is 9.84 Å². The number of rotatable bonds is 5. The van der Waals surface area contributed by atoms with Crippen LogP contribution in [0.2, 0.25) is 0 Å². The van der Waals surface area contributed by atoms with Crippen LogP contribution >= 0.6 is 0 Å². The molecule has 0 saturated carbocycles. The van der Waals surface area contributed by atoms with Crippen molar-refractivity contribution in [2.45, 2.75) is 33.2 Å². The summed E-state index contributed by atoms with van der Waals surface area (Å²) in [6.07, 6.45) is 0.658. The van der Waals surface area contributed by atoms with Crippen LogP contribution < -0.4 is 0 Å². The fourth-order valence-electron chi connectivity index (χ4n) is 2.55. The molecule has 0 aromatic carbocycles. The molecule has 1 heterocycles. The molecule has 0 aromatic heterocycles. The van der Waals surface area contributed by atoms with E-state index in [1.54, 1.807) is 7.11 Å². The second-order valence-electron chi connectivity index (χ2n) is 5.33. The molecule has 0 aromatic rings. The molecule has 2 atom stereocenters. The maximum absolute atomic E-state index is 11.1. The van der Waals surface area contributed by atoms with Crippen molar-refractivity contribution in [2.75, 3.05) is 26.8 Å². The van der Waals surface area contributed by atoms with Gasteiger partial charge in [0.15, 0.2) is 0 Å². The van der Waals surface area contributed by atoms with Crippen molar-refractivity contribution in [2.24, 2.45) is 11.3 Å². The van der Waals surface area contributed by atoms with Gasteiger partial charge in [0, 0.05) is 26.1 Å². The van der Waals surface area contributed by atoms with Crippen LogP contribution in [-0.4, -0.2) is 48.8 Å². The summed E-state index contributed by atoms with van der Waals surface area (Å²) in [6, 6.07) is -0.346. The normalized spacial score (nSPS) is 26.9. The number of aliphatic carboxylic acids is 1. The Kier molecular flexibility index (Phi) is 4.33. The number of ether oxygens (including phenoxy) is 1. The highest BCUT2D eigenvalue weighted by atomic mass is 16.5. The molecule has 1 fully saturated rings. The summed E-state index contributed by atoms with van der Waals surface area (Å²) >= 11 is 0. The average Bonchev–Trinajstić information content (AvgIpc) is 2.43. The fraction of sp³-hybridized carbons (Fsp3) is 0.917. The zero-order valence-corrected chi connectivity index (χ0v) is 10.7. The van der Waals surface area contributed by atoms with Gasteiger partial charge in [0.25, 0.3) is 0 Å². The summed E-state index contributed by atoms with van der Waals surface area (Å²) in [5, 5.41) is 9.15. The van der Waals surface area contributed by atoms with Gasteiger partial charge in [-0.3, -0.25) is 9.69 Å². The van der Waals surface area contributed by atoms with Gasteiger partial charge >= 0.3 is 5.97 Å². The molecule has 4 heteroatoms. The van der Waals surface area contributed by atoms with Crippen molar-refractivity contribution in [1.82, 2.24) is 4.90 Å². The predicted octanol–water partition coefficient (Wildman–Crippen LogP) is 1.45. The number of methoxy groups -OCH3 is 1. The lowest BCUT2D eigenvalue weighted by Gasteiger charge is -2.25. The highest BCUT2D eigenvalue weighted by molar-refractivity contribution is 5.73. The second-order valence-corrected chi connectivity index (χ2v) is 5.33. The summed E-state index contributed by atoms with van der Waals surface area (Å²) in [6.45, 7) is 8.67. The smallest absolute Gasteiger partial charge is 0.320 e. The van der Waals surface area contributed by atoms with Gasteiger partial charge in [-0.15, -0.1) is 0 Å². The third-order valence-electron chi connectivity index (χ3n) is 3.65. The van der Waals surface area contributed by atoms with Gasteiger partial charge in [-0.25, -0.2) is 0 Å². The van der Waals surface area contributed by atoms with Crippen LogP contribution in [0.25, 0.3) is 0 Å². The Balaban J connectivity index is 2.70.